The molecule has 5 rings (SSSR count). The van der Waals surface area contributed by atoms with Gasteiger partial charge >= 0.3 is 18.3 Å². The van der Waals surface area contributed by atoms with Gasteiger partial charge in [0.05, 0.1) is 21.8 Å². The topological polar surface area (TPSA) is 132 Å². The zero-order valence-corrected chi connectivity index (χ0v) is 24.1. The summed E-state index contributed by atoms with van der Waals surface area (Å²) < 4.78 is 104. The van der Waals surface area contributed by atoms with Crippen LogP contribution < -0.4 is 0 Å². The molecule has 0 aliphatic carbocycles. The Labute approximate surface area is 249 Å². The van der Waals surface area contributed by atoms with Crippen molar-refractivity contribution in [2.75, 3.05) is 33.2 Å². The third-order valence-corrected chi connectivity index (χ3v) is 9.93. The molecule has 1 aromatic carbocycles. The van der Waals surface area contributed by atoms with Crippen molar-refractivity contribution in [2.45, 2.75) is 16.6 Å². The van der Waals surface area contributed by atoms with Crippen molar-refractivity contribution in [1.82, 2.24) is 23.8 Å². The maximum absolute atomic E-state index is 13.3. The van der Waals surface area contributed by atoms with Gasteiger partial charge in [0.2, 0.25) is 0 Å². The van der Waals surface area contributed by atoms with E-state index in [0.717, 1.165) is 42.8 Å². The summed E-state index contributed by atoms with van der Waals surface area (Å²) in [5.74, 6) is -1.54. The largest absolute Gasteiger partial charge is 0.697 e. The molecule has 10 nitrogen and oxygen atoms in total. The molecule has 0 saturated carbocycles. The monoisotopic (exact) mass is 669 g/mol. The number of hydrogen-bond acceptors (Lipinski definition) is 7. The standard InChI is InChI=1S/C15H7F6N3O2.C9H13ClN3O2S2/c16-14(17,18)8-3-1-7(2-4-8)10-5-11(15(19,20)21)24-12(23-10)9(6-22-24)13(25)26;1-12-2-4-13(5-3-12)17(14,15)8-6-7(11)9(10)16-8/h1-6H,(H,25,26);6,11H,2-5H2,1H3/q;-1. The van der Waals surface area contributed by atoms with Crippen LogP contribution in [-0.4, -0.2) is 76.5 Å². The van der Waals surface area contributed by atoms with Crippen molar-refractivity contribution in [2.24, 2.45) is 0 Å². The first-order valence-electron chi connectivity index (χ1n) is 12.0. The molecule has 0 amide bonds. The van der Waals surface area contributed by atoms with Crippen LogP contribution in [0, 0.1) is 0 Å². The number of thiophene rings is 1. The van der Waals surface area contributed by atoms with Gasteiger partial charge in [-0.05, 0) is 31.3 Å². The molecule has 1 aliphatic heterocycles. The first kappa shape index (κ1) is 32.5. The predicted molar refractivity (Wildman–Crippen MR) is 145 cm³/mol. The molecule has 1 aliphatic rings. The summed E-state index contributed by atoms with van der Waals surface area (Å²) >= 11 is 6.69. The molecule has 2 N–H and O–H groups in total. The Morgan fingerprint density at radius 1 is 1.02 bits per heavy atom. The van der Waals surface area contributed by atoms with Crippen LogP contribution in [-0.2, 0) is 22.4 Å². The number of nitrogens with zero attached hydrogens (tertiary/aromatic N) is 5. The quantitative estimate of drug-likeness (QED) is 0.258. The number of fused-ring (bicyclic) bond motifs is 1. The minimum absolute atomic E-state index is 0.0384. The lowest BCUT2D eigenvalue weighted by molar-refractivity contribution is -0.142. The van der Waals surface area contributed by atoms with Gasteiger partial charge in [0.1, 0.15) is 9.77 Å². The van der Waals surface area contributed by atoms with Gasteiger partial charge in [0, 0.05) is 31.7 Å². The van der Waals surface area contributed by atoms with Crippen LogP contribution in [0.5, 0.6) is 0 Å². The van der Waals surface area contributed by atoms with Crippen molar-refractivity contribution >= 4 is 50.3 Å². The van der Waals surface area contributed by atoms with Crippen molar-refractivity contribution in [3.05, 3.63) is 69.5 Å². The molecule has 0 atom stereocenters. The number of piperazine rings is 1. The Kier molecular flexibility index (Phi) is 8.99. The summed E-state index contributed by atoms with van der Waals surface area (Å²) in [4.78, 5) is 17.1. The zero-order chi connectivity index (χ0) is 31.9. The fourth-order valence-corrected chi connectivity index (χ4v) is 7.04. The molecule has 4 aromatic rings. The van der Waals surface area contributed by atoms with E-state index >= 15 is 0 Å². The number of hydrogen-bond donors (Lipinski definition) is 1. The highest BCUT2D eigenvalue weighted by atomic mass is 35.5. The minimum Gasteiger partial charge on any atom is -0.697 e. The van der Waals surface area contributed by atoms with Crippen molar-refractivity contribution < 1.29 is 44.7 Å². The Bertz CT molecular complexity index is 1730. The van der Waals surface area contributed by atoms with Gasteiger partial charge in [-0.1, -0.05) is 23.7 Å². The number of carboxylic acids is 1. The fourth-order valence-electron chi connectivity index (χ4n) is 3.92. The molecule has 0 bridgehead atoms. The molecule has 4 heterocycles. The first-order chi connectivity index (χ1) is 19.9. The molecule has 3 aromatic heterocycles. The number of benzene rings is 1. The summed E-state index contributed by atoms with van der Waals surface area (Å²) in [5.41, 5.74) is 3.75. The number of likely N-dealkylation sites (N-methyl/N-ethyl adjacent to an activating group) is 1. The Morgan fingerprint density at radius 2 is 1.63 bits per heavy atom. The molecular weight excluding hydrogens is 650 g/mol. The van der Waals surface area contributed by atoms with Crippen LogP contribution in [0.15, 0.2) is 46.8 Å². The summed E-state index contributed by atoms with van der Waals surface area (Å²) in [6.07, 6.45) is -8.77. The van der Waals surface area contributed by atoms with E-state index in [1.54, 1.807) is 0 Å². The third-order valence-electron chi connectivity index (χ3n) is 6.22. The second-order valence-corrected chi connectivity index (χ2v) is 13.0. The SMILES string of the molecule is CN1CCN(S(=O)(=O)c2cc([NH-])c(Cl)s2)CC1.O=C(O)c1cnn2c(C(F)(F)F)cc(-c3ccc(C(F)(F)F)cc3)nc12. The number of nitrogens with one attached hydrogen (secondary N) is 1. The van der Waals surface area contributed by atoms with Crippen molar-refractivity contribution in [1.29, 1.82) is 0 Å². The van der Waals surface area contributed by atoms with E-state index in [4.69, 9.17) is 22.4 Å². The lowest BCUT2D eigenvalue weighted by Crippen LogP contribution is -2.46. The number of alkyl halides is 6. The Morgan fingerprint density at radius 3 is 2.12 bits per heavy atom. The highest BCUT2D eigenvalue weighted by molar-refractivity contribution is 7.91. The van der Waals surface area contributed by atoms with Crippen LogP contribution in [0.2, 0.25) is 4.34 Å². The molecule has 19 heteroatoms. The number of carboxylic acid groups (broad SMARTS) is 1. The number of aromatic carboxylic acids is 1. The smallest absolute Gasteiger partial charge is 0.433 e. The third kappa shape index (κ3) is 7.04. The molecule has 1 fully saturated rings. The Hall–Kier alpha value is -3.45. The van der Waals surface area contributed by atoms with E-state index in [1.807, 2.05) is 7.05 Å². The van der Waals surface area contributed by atoms with Gasteiger partial charge in [0.25, 0.3) is 10.0 Å². The highest BCUT2D eigenvalue weighted by Gasteiger charge is 2.36. The lowest BCUT2D eigenvalue weighted by atomic mass is 10.1. The second-order valence-electron chi connectivity index (χ2n) is 9.16. The normalized spacial score (nSPS) is 15.3. The average molecular weight is 670 g/mol. The maximum Gasteiger partial charge on any atom is 0.433 e. The van der Waals surface area contributed by atoms with Crippen LogP contribution >= 0.6 is 22.9 Å². The predicted octanol–water partition coefficient (Wildman–Crippen LogP) is 6.15. The molecular formula is C24H20ClF6N6O4S2-. The first-order valence-corrected chi connectivity index (χ1v) is 14.6. The van der Waals surface area contributed by atoms with E-state index in [-0.39, 0.29) is 25.5 Å². The molecule has 43 heavy (non-hydrogen) atoms. The molecule has 0 radical (unpaired) electrons. The number of rotatable bonds is 4. The summed E-state index contributed by atoms with van der Waals surface area (Å²) in [6.45, 7) is 2.43. The van der Waals surface area contributed by atoms with Gasteiger partial charge < -0.3 is 15.7 Å². The van der Waals surface area contributed by atoms with Gasteiger partial charge in [-0.15, -0.1) is 17.0 Å². The minimum atomic E-state index is -4.89. The van der Waals surface area contributed by atoms with Crippen LogP contribution in [0.4, 0.5) is 32.0 Å². The summed E-state index contributed by atoms with van der Waals surface area (Å²) in [5, 5.41) is 12.4. The fraction of sp³-hybridized carbons (Fsp3) is 0.292. The van der Waals surface area contributed by atoms with Crippen LogP contribution in [0.3, 0.4) is 0 Å². The van der Waals surface area contributed by atoms with Crippen molar-refractivity contribution in [3.63, 3.8) is 0 Å². The molecule has 0 unspecified atom stereocenters. The van der Waals surface area contributed by atoms with Gasteiger partial charge in [-0.2, -0.15) is 35.7 Å². The van der Waals surface area contributed by atoms with E-state index in [1.165, 1.54) is 10.4 Å². The van der Waals surface area contributed by atoms with Gasteiger partial charge in [-0.25, -0.2) is 22.7 Å². The average Bonchev–Trinajstić information content (AvgIpc) is 3.51. The lowest BCUT2D eigenvalue weighted by Gasteiger charge is -2.31. The Balaban J connectivity index is 0.000000215. The van der Waals surface area contributed by atoms with Gasteiger partial charge in [0.15, 0.2) is 11.3 Å². The van der Waals surface area contributed by atoms with Crippen molar-refractivity contribution in [3.8, 4) is 11.3 Å². The second kappa shape index (κ2) is 11.9. The summed E-state index contributed by atoms with van der Waals surface area (Å²) in [7, 11) is -1.50. The van der Waals surface area contributed by atoms with Crippen LogP contribution in [0.1, 0.15) is 21.6 Å². The molecule has 232 valence electrons. The zero-order valence-electron chi connectivity index (χ0n) is 21.7. The molecule has 0 spiro atoms. The van der Waals surface area contributed by atoms with E-state index in [0.29, 0.717) is 35.8 Å². The number of carbonyl (C=O) groups is 1. The number of halogens is 7. The van der Waals surface area contributed by atoms with Gasteiger partial charge in [-0.3, -0.25) is 0 Å². The van der Waals surface area contributed by atoms with E-state index in [9.17, 15) is 39.6 Å². The number of aromatic nitrogens is 3. The highest BCUT2D eigenvalue weighted by Crippen LogP contribution is 2.38. The van der Waals surface area contributed by atoms with E-state index < -0.39 is 50.8 Å². The van der Waals surface area contributed by atoms with E-state index in [2.05, 4.69) is 15.0 Å². The maximum atomic E-state index is 13.3. The molecule has 1 saturated heterocycles. The number of sulfonamides is 1. The summed E-state index contributed by atoms with van der Waals surface area (Å²) in [6, 6.07) is 5.22. The van der Waals surface area contributed by atoms with Crippen LogP contribution in [0.25, 0.3) is 22.6 Å².